The van der Waals surface area contributed by atoms with Gasteiger partial charge >= 0.3 is 0 Å². The molecule has 0 aromatic carbocycles. The van der Waals surface area contributed by atoms with Crippen LogP contribution in [0.1, 0.15) is 23.7 Å². The zero-order valence-corrected chi connectivity index (χ0v) is 9.24. The fourth-order valence-electron chi connectivity index (χ4n) is 1.69. The first-order valence-corrected chi connectivity index (χ1v) is 6.57. The topological polar surface area (TPSA) is 110 Å². The lowest BCUT2D eigenvalue weighted by atomic mass is 10.1. The molecule has 1 fully saturated rings. The lowest BCUT2D eigenvalue weighted by molar-refractivity contribution is 0.601. The Morgan fingerprint density at radius 2 is 2.31 bits per heavy atom. The molecule has 0 bridgehead atoms. The number of hydrogen-bond acceptors (Lipinski definition) is 6. The van der Waals surface area contributed by atoms with Crippen LogP contribution in [0.15, 0.2) is 6.20 Å². The number of nitriles is 1. The van der Waals surface area contributed by atoms with E-state index in [1.54, 1.807) is 0 Å². The molecule has 1 aromatic rings. The molecule has 1 saturated heterocycles. The van der Waals surface area contributed by atoms with Crippen LogP contribution in [0, 0.1) is 11.3 Å². The summed E-state index contributed by atoms with van der Waals surface area (Å²) < 4.78 is 22.6. The maximum Gasteiger partial charge on any atom is 0.151 e. The second-order valence-electron chi connectivity index (χ2n) is 3.74. The molecular formula is C9H10N4O2S. The molecule has 1 aliphatic heterocycles. The molecule has 2 N–H and O–H groups in total. The van der Waals surface area contributed by atoms with E-state index in [4.69, 9.17) is 11.0 Å². The molecule has 0 radical (unpaired) electrons. The smallest absolute Gasteiger partial charge is 0.151 e. The van der Waals surface area contributed by atoms with Gasteiger partial charge < -0.3 is 5.73 Å². The van der Waals surface area contributed by atoms with E-state index in [0.717, 1.165) is 0 Å². The zero-order valence-electron chi connectivity index (χ0n) is 8.42. The summed E-state index contributed by atoms with van der Waals surface area (Å²) in [7, 11) is -2.96. The number of nitrogens with two attached hydrogens (primary N) is 1. The van der Waals surface area contributed by atoms with Crippen molar-refractivity contribution in [3.05, 3.63) is 17.6 Å². The molecule has 16 heavy (non-hydrogen) atoms. The number of aromatic nitrogens is 2. The van der Waals surface area contributed by atoms with Crippen molar-refractivity contribution in [3.63, 3.8) is 0 Å². The van der Waals surface area contributed by atoms with Crippen molar-refractivity contribution in [2.75, 3.05) is 17.2 Å². The van der Waals surface area contributed by atoms with E-state index in [0.29, 0.717) is 12.2 Å². The van der Waals surface area contributed by atoms with Crippen LogP contribution in [0.3, 0.4) is 0 Å². The SMILES string of the molecule is N#Cc1cnc(C2CCS(=O)(=O)C2)nc1N. The predicted octanol–water partition coefficient (Wildman–Crippen LogP) is -0.167. The van der Waals surface area contributed by atoms with Crippen LogP contribution in [-0.4, -0.2) is 29.9 Å². The van der Waals surface area contributed by atoms with Gasteiger partial charge in [-0.3, -0.25) is 0 Å². The third kappa shape index (κ3) is 1.97. The molecule has 2 heterocycles. The average molecular weight is 238 g/mol. The van der Waals surface area contributed by atoms with Crippen LogP contribution in [-0.2, 0) is 9.84 Å². The minimum atomic E-state index is -2.96. The van der Waals surface area contributed by atoms with Crippen LogP contribution in [0.4, 0.5) is 5.82 Å². The first-order chi connectivity index (χ1) is 7.52. The van der Waals surface area contributed by atoms with Crippen molar-refractivity contribution in [2.45, 2.75) is 12.3 Å². The van der Waals surface area contributed by atoms with Crippen LogP contribution >= 0.6 is 0 Å². The summed E-state index contributed by atoms with van der Waals surface area (Å²) >= 11 is 0. The molecule has 0 amide bonds. The van der Waals surface area contributed by atoms with Gasteiger partial charge in [-0.2, -0.15) is 5.26 Å². The molecule has 84 valence electrons. The van der Waals surface area contributed by atoms with Crippen LogP contribution in [0.25, 0.3) is 0 Å². The number of nitrogen functional groups attached to an aromatic ring is 1. The van der Waals surface area contributed by atoms with Gasteiger partial charge in [-0.25, -0.2) is 18.4 Å². The second-order valence-corrected chi connectivity index (χ2v) is 5.97. The van der Waals surface area contributed by atoms with Crippen molar-refractivity contribution in [1.29, 1.82) is 5.26 Å². The van der Waals surface area contributed by atoms with Gasteiger partial charge in [-0.05, 0) is 6.42 Å². The Balaban J connectivity index is 2.30. The Bertz CT molecular complexity index is 561. The third-order valence-electron chi connectivity index (χ3n) is 2.55. The first kappa shape index (κ1) is 10.8. The summed E-state index contributed by atoms with van der Waals surface area (Å²) in [4.78, 5) is 7.95. The Labute approximate surface area is 93.0 Å². The maximum absolute atomic E-state index is 11.3. The molecule has 1 atom stereocenters. The highest BCUT2D eigenvalue weighted by molar-refractivity contribution is 7.91. The fraction of sp³-hybridized carbons (Fsp3) is 0.444. The van der Waals surface area contributed by atoms with Gasteiger partial charge in [0.1, 0.15) is 23.3 Å². The van der Waals surface area contributed by atoms with Crippen LogP contribution in [0.5, 0.6) is 0 Å². The summed E-state index contributed by atoms with van der Waals surface area (Å²) in [5.74, 6) is 0.564. The number of hydrogen-bond donors (Lipinski definition) is 1. The molecular weight excluding hydrogens is 228 g/mol. The number of rotatable bonds is 1. The lowest BCUT2D eigenvalue weighted by Gasteiger charge is -2.06. The highest BCUT2D eigenvalue weighted by Gasteiger charge is 2.31. The first-order valence-electron chi connectivity index (χ1n) is 4.75. The number of anilines is 1. The van der Waals surface area contributed by atoms with Crippen molar-refractivity contribution < 1.29 is 8.42 Å². The Kier molecular flexibility index (Phi) is 2.52. The second kappa shape index (κ2) is 3.72. The molecule has 1 unspecified atom stereocenters. The van der Waals surface area contributed by atoms with E-state index in [-0.39, 0.29) is 28.8 Å². The zero-order chi connectivity index (χ0) is 11.8. The molecule has 1 aliphatic rings. The minimum absolute atomic E-state index is 0.0678. The summed E-state index contributed by atoms with van der Waals surface area (Å²) in [5.41, 5.74) is 5.76. The van der Waals surface area contributed by atoms with E-state index in [1.165, 1.54) is 6.20 Å². The van der Waals surface area contributed by atoms with E-state index in [2.05, 4.69) is 9.97 Å². The molecule has 2 rings (SSSR count). The Morgan fingerprint density at radius 1 is 1.56 bits per heavy atom. The molecule has 0 aliphatic carbocycles. The molecule has 7 heteroatoms. The Hall–Kier alpha value is -1.68. The van der Waals surface area contributed by atoms with E-state index in [9.17, 15) is 8.42 Å². The van der Waals surface area contributed by atoms with Gasteiger partial charge in [-0.15, -0.1) is 0 Å². The summed E-state index contributed by atoms with van der Waals surface area (Å²) in [5, 5.41) is 8.65. The van der Waals surface area contributed by atoms with Gasteiger partial charge in [0.05, 0.1) is 17.7 Å². The van der Waals surface area contributed by atoms with E-state index in [1.807, 2.05) is 6.07 Å². The van der Waals surface area contributed by atoms with Crippen molar-refractivity contribution in [2.24, 2.45) is 0 Å². The predicted molar refractivity (Wildman–Crippen MR) is 57.2 cm³/mol. The molecule has 6 nitrogen and oxygen atoms in total. The number of sulfone groups is 1. The van der Waals surface area contributed by atoms with Gasteiger partial charge in [0, 0.05) is 5.92 Å². The van der Waals surface area contributed by atoms with Gasteiger partial charge in [0.25, 0.3) is 0 Å². The van der Waals surface area contributed by atoms with Crippen molar-refractivity contribution in [1.82, 2.24) is 9.97 Å². The lowest BCUT2D eigenvalue weighted by Crippen LogP contribution is -2.09. The normalized spacial score (nSPS) is 22.8. The minimum Gasteiger partial charge on any atom is -0.382 e. The summed E-state index contributed by atoms with van der Waals surface area (Å²) in [6.45, 7) is 0. The van der Waals surface area contributed by atoms with Crippen molar-refractivity contribution in [3.8, 4) is 6.07 Å². The summed E-state index contributed by atoms with van der Waals surface area (Å²) in [6, 6.07) is 1.86. The van der Waals surface area contributed by atoms with E-state index < -0.39 is 9.84 Å². The summed E-state index contributed by atoms with van der Waals surface area (Å²) in [6.07, 6.45) is 1.86. The Morgan fingerprint density at radius 3 is 2.81 bits per heavy atom. The highest BCUT2D eigenvalue weighted by atomic mass is 32.2. The van der Waals surface area contributed by atoms with Crippen LogP contribution < -0.4 is 5.73 Å². The standard InChI is InChI=1S/C9H10N4O2S/c10-3-7-4-12-9(13-8(7)11)6-1-2-16(14,15)5-6/h4,6H,1-2,5H2,(H2,11,12,13). The quantitative estimate of drug-likeness (QED) is 0.727. The van der Waals surface area contributed by atoms with Crippen molar-refractivity contribution >= 4 is 15.7 Å². The van der Waals surface area contributed by atoms with Gasteiger partial charge in [-0.1, -0.05) is 0 Å². The van der Waals surface area contributed by atoms with Gasteiger partial charge in [0.2, 0.25) is 0 Å². The molecule has 1 aromatic heterocycles. The molecule has 0 spiro atoms. The largest absolute Gasteiger partial charge is 0.382 e. The third-order valence-corrected chi connectivity index (χ3v) is 4.32. The van der Waals surface area contributed by atoms with Gasteiger partial charge in [0.15, 0.2) is 9.84 Å². The van der Waals surface area contributed by atoms with Crippen LogP contribution in [0.2, 0.25) is 0 Å². The number of nitrogens with zero attached hydrogens (tertiary/aromatic N) is 3. The maximum atomic E-state index is 11.3. The monoisotopic (exact) mass is 238 g/mol. The average Bonchev–Trinajstić information content (AvgIpc) is 2.59. The highest BCUT2D eigenvalue weighted by Crippen LogP contribution is 2.26. The fourth-order valence-corrected chi connectivity index (χ4v) is 3.43. The van der Waals surface area contributed by atoms with E-state index >= 15 is 0 Å². The molecule has 0 saturated carbocycles.